The zero-order chi connectivity index (χ0) is 18.8. The van der Waals surface area contributed by atoms with E-state index in [2.05, 4.69) is 24.0 Å². The van der Waals surface area contributed by atoms with E-state index in [1.165, 1.54) is 11.1 Å². The molecule has 1 N–H and O–H groups in total. The fourth-order valence-electron chi connectivity index (χ4n) is 3.87. The minimum Gasteiger partial charge on any atom is -0.328 e. The molecule has 0 saturated heterocycles. The molecular formula is C22H22N2O2S. The fraction of sp³-hybridized carbons (Fsp3) is 0.273. The molecule has 1 atom stereocenters. The second-order valence-electron chi connectivity index (χ2n) is 6.86. The highest BCUT2D eigenvalue weighted by atomic mass is 32.2. The molecule has 138 valence electrons. The van der Waals surface area contributed by atoms with Gasteiger partial charge in [-0.25, -0.2) is 0 Å². The molecule has 0 radical (unpaired) electrons. The number of aryl methyl sites for hydroxylation is 1. The minimum atomic E-state index is -0.0251. The average molecular weight is 378 g/mol. The van der Waals surface area contributed by atoms with Gasteiger partial charge in [0.15, 0.2) is 0 Å². The summed E-state index contributed by atoms with van der Waals surface area (Å²) < 4.78 is 0. The van der Waals surface area contributed by atoms with Crippen molar-refractivity contribution in [3.8, 4) is 0 Å². The zero-order valence-electron chi connectivity index (χ0n) is 15.1. The van der Waals surface area contributed by atoms with Crippen LogP contribution in [0, 0.1) is 0 Å². The van der Waals surface area contributed by atoms with E-state index < -0.39 is 0 Å². The number of thioether (sulfide) groups is 1. The van der Waals surface area contributed by atoms with Gasteiger partial charge in [0.25, 0.3) is 5.91 Å². The van der Waals surface area contributed by atoms with Crippen LogP contribution >= 0.6 is 11.8 Å². The number of nitrogens with zero attached hydrogens (tertiary/aromatic N) is 1. The third-order valence-electron chi connectivity index (χ3n) is 5.15. The summed E-state index contributed by atoms with van der Waals surface area (Å²) >= 11 is 1.64. The molecule has 0 fully saturated rings. The van der Waals surface area contributed by atoms with Gasteiger partial charge < -0.3 is 10.2 Å². The van der Waals surface area contributed by atoms with Crippen LogP contribution in [0.25, 0.3) is 0 Å². The van der Waals surface area contributed by atoms with E-state index in [9.17, 15) is 9.59 Å². The van der Waals surface area contributed by atoms with Crippen molar-refractivity contribution in [2.24, 2.45) is 0 Å². The van der Waals surface area contributed by atoms with Crippen LogP contribution in [0.4, 0.5) is 5.69 Å². The third-order valence-corrected chi connectivity index (χ3v) is 6.23. The lowest BCUT2D eigenvalue weighted by molar-refractivity contribution is -0.115. The molecule has 0 bridgehead atoms. The average Bonchev–Trinajstić information content (AvgIpc) is 3.01. The number of nitrogens with one attached hydrogen (secondary N) is 1. The van der Waals surface area contributed by atoms with Crippen molar-refractivity contribution in [2.45, 2.75) is 30.2 Å². The van der Waals surface area contributed by atoms with Gasteiger partial charge >= 0.3 is 0 Å². The highest BCUT2D eigenvalue weighted by Crippen LogP contribution is 2.37. The summed E-state index contributed by atoms with van der Waals surface area (Å²) in [6.45, 7) is 4.34. The predicted octanol–water partition coefficient (Wildman–Crippen LogP) is 4.44. The van der Waals surface area contributed by atoms with Crippen molar-refractivity contribution in [2.75, 3.05) is 17.6 Å². The number of hydrogen-bond donors (Lipinski definition) is 1. The molecule has 27 heavy (non-hydrogen) atoms. The summed E-state index contributed by atoms with van der Waals surface area (Å²) in [5.41, 5.74) is 3.88. The molecule has 4 rings (SSSR count). The van der Waals surface area contributed by atoms with Gasteiger partial charge in [0, 0.05) is 29.2 Å². The third kappa shape index (κ3) is 3.52. The Kier molecular flexibility index (Phi) is 5.03. The highest BCUT2D eigenvalue weighted by Gasteiger charge is 2.31. The second kappa shape index (κ2) is 7.61. The van der Waals surface area contributed by atoms with Crippen LogP contribution in [-0.2, 0) is 11.2 Å². The maximum absolute atomic E-state index is 13.3. The van der Waals surface area contributed by atoms with Gasteiger partial charge in [-0.15, -0.1) is 18.3 Å². The van der Waals surface area contributed by atoms with Crippen LogP contribution in [-0.4, -0.2) is 29.0 Å². The van der Waals surface area contributed by atoms with E-state index in [4.69, 9.17) is 0 Å². The van der Waals surface area contributed by atoms with Crippen LogP contribution in [0.2, 0.25) is 0 Å². The maximum Gasteiger partial charge on any atom is 0.254 e. The molecular weight excluding hydrogens is 356 g/mol. The molecule has 4 nitrogen and oxygen atoms in total. The standard InChI is InChI=1S/C22H22N2O2S/c1-2-12-24(19-9-7-15-5-3-4-6-17(15)19)22(26)16-8-10-20-18(14-16)23-21(25)11-13-27-20/h2-6,8,10,14,19H,1,7,9,11-13H2,(H,23,25)/t19-/m0/s1. The maximum atomic E-state index is 13.3. The van der Waals surface area contributed by atoms with Crippen molar-refractivity contribution in [3.63, 3.8) is 0 Å². The van der Waals surface area contributed by atoms with Gasteiger partial charge in [-0.1, -0.05) is 30.3 Å². The van der Waals surface area contributed by atoms with Crippen molar-refractivity contribution in [1.29, 1.82) is 0 Å². The molecule has 0 unspecified atom stereocenters. The van der Waals surface area contributed by atoms with Gasteiger partial charge in [-0.3, -0.25) is 9.59 Å². The van der Waals surface area contributed by atoms with E-state index in [0.717, 1.165) is 29.2 Å². The number of amides is 2. The molecule has 5 heteroatoms. The van der Waals surface area contributed by atoms with Crippen LogP contribution in [0.1, 0.15) is 40.4 Å². The van der Waals surface area contributed by atoms with Gasteiger partial charge in [-0.2, -0.15) is 0 Å². The molecule has 0 aromatic heterocycles. The SMILES string of the molecule is C=CCN(C(=O)c1ccc2c(c1)NC(=O)CCS2)[C@H]1CCc2ccccc21. The van der Waals surface area contributed by atoms with Crippen LogP contribution in [0.15, 0.2) is 60.0 Å². The zero-order valence-corrected chi connectivity index (χ0v) is 15.9. The van der Waals surface area contributed by atoms with E-state index in [0.29, 0.717) is 18.5 Å². The van der Waals surface area contributed by atoms with Crippen molar-refractivity contribution in [3.05, 3.63) is 71.8 Å². The van der Waals surface area contributed by atoms with Gasteiger partial charge in [0.1, 0.15) is 0 Å². The molecule has 0 saturated carbocycles. The Hall–Kier alpha value is -2.53. The second-order valence-corrected chi connectivity index (χ2v) is 7.99. The summed E-state index contributed by atoms with van der Waals surface area (Å²) in [6, 6.07) is 14.0. The number of rotatable bonds is 4. The number of benzene rings is 2. The Labute approximate surface area is 163 Å². The monoisotopic (exact) mass is 378 g/mol. The van der Waals surface area contributed by atoms with Crippen LogP contribution < -0.4 is 5.32 Å². The lowest BCUT2D eigenvalue weighted by Gasteiger charge is -2.29. The van der Waals surface area contributed by atoms with Gasteiger partial charge in [0.2, 0.25) is 5.91 Å². The topological polar surface area (TPSA) is 49.4 Å². The molecule has 2 aromatic rings. The first-order valence-electron chi connectivity index (χ1n) is 9.23. The number of anilines is 1. The van der Waals surface area contributed by atoms with Crippen molar-refractivity contribution < 1.29 is 9.59 Å². The molecule has 2 amide bonds. The Morgan fingerprint density at radius 1 is 1.26 bits per heavy atom. The lowest BCUT2D eigenvalue weighted by Crippen LogP contribution is -2.34. The van der Waals surface area contributed by atoms with E-state index in [1.54, 1.807) is 17.8 Å². The summed E-state index contributed by atoms with van der Waals surface area (Å²) in [6.07, 6.45) is 4.18. The minimum absolute atomic E-state index is 0.00137. The van der Waals surface area contributed by atoms with E-state index >= 15 is 0 Å². The summed E-state index contributed by atoms with van der Waals surface area (Å²) in [7, 11) is 0. The smallest absolute Gasteiger partial charge is 0.254 e. The highest BCUT2D eigenvalue weighted by molar-refractivity contribution is 7.99. The van der Waals surface area contributed by atoms with Crippen molar-refractivity contribution in [1.82, 2.24) is 4.90 Å². The summed E-state index contributed by atoms with van der Waals surface area (Å²) in [5, 5.41) is 2.92. The van der Waals surface area contributed by atoms with Gasteiger partial charge in [0.05, 0.1) is 11.7 Å². The summed E-state index contributed by atoms with van der Waals surface area (Å²) in [4.78, 5) is 28.1. The molecule has 2 aliphatic rings. The molecule has 1 heterocycles. The van der Waals surface area contributed by atoms with Crippen LogP contribution in [0.5, 0.6) is 0 Å². The van der Waals surface area contributed by atoms with E-state index in [1.807, 2.05) is 35.2 Å². The first kappa shape index (κ1) is 17.9. The fourth-order valence-corrected chi connectivity index (χ4v) is 4.81. The normalized spacial score (nSPS) is 18.1. The Morgan fingerprint density at radius 2 is 2.11 bits per heavy atom. The predicted molar refractivity (Wildman–Crippen MR) is 109 cm³/mol. The molecule has 0 spiro atoms. The number of fused-ring (bicyclic) bond motifs is 2. The number of carbonyl (C=O) groups excluding carboxylic acids is 2. The molecule has 2 aromatic carbocycles. The molecule has 1 aliphatic heterocycles. The largest absolute Gasteiger partial charge is 0.328 e. The van der Waals surface area contributed by atoms with E-state index in [-0.39, 0.29) is 17.9 Å². The first-order valence-corrected chi connectivity index (χ1v) is 10.2. The van der Waals surface area contributed by atoms with Crippen molar-refractivity contribution >= 4 is 29.3 Å². The van der Waals surface area contributed by atoms with Gasteiger partial charge in [-0.05, 0) is 42.2 Å². The summed E-state index contributed by atoms with van der Waals surface area (Å²) in [5.74, 6) is 0.731. The Morgan fingerprint density at radius 3 is 2.96 bits per heavy atom. The number of carbonyl (C=O) groups is 2. The Bertz CT molecular complexity index is 909. The Balaban J connectivity index is 1.65. The first-order chi connectivity index (χ1) is 13.2. The number of hydrogen-bond acceptors (Lipinski definition) is 3. The lowest BCUT2D eigenvalue weighted by atomic mass is 10.1. The quantitative estimate of drug-likeness (QED) is 0.801. The van der Waals surface area contributed by atoms with Crippen LogP contribution in [0.3, 0.4) is 0 Å². The molecule has 1 aliphatic carbocycles.